The minimum absolute atomic E-state index is 0.0419. The van der Waals surface area contributed by atoms with Gasteiger partial charge in [-0.3, -0.25) is 0 Å². The van der Waals surface area contributed by atoms with E-state index in [0.29, 0.717) is 25.7 Å². The first kappa shape index (κ1) is 16.5. The lowest BCUT2D eigenvalue weighted by Crippen LogP contribution is -2.57. The lowest BCUT2D eigenvalue weighted by atomic mass is 9.77. The number of carbonyl (C=O) groups excluding carboxylic acids is 1. The third-order valence-corrected chi connectivity index (χ3v) is 5.65. The minimum atomic E-state index is -0.436. The number of hydrogen-bond acceptors (Lipinski definition) is 5. The molecule has 7 nitrogen and oxygen atoms in total. The van der Waals surface area contributed by atoms with E-state index in [4.69, 9.17) is 4.74 Å². The number of nitrogens with zero attached hydrogens (tertiary/aromatic N) is 4. The summed E-state index contributed by atoms with van der Waals surface area (Å²) in [5, 5.41) is 3.25. The summed E-state index contributed by atoms with van der Waals surface area (Å²) < 4.78 is 18.8. The van der Waals surface area contributed by atoms with Crippen molar-refractivity contribution >= 4 is 12.0 Å². The van der Waals surface area contributed by atoms with Gasteiger partial charge in [0.15, 0.2) is 5.82 Å². The van der Waals surface area contributed by atoms with Crippen molar-refractivity contribution in [2.24, 2.45) is 5.41 Å². The SMILES string of the molecule is O=C(NC1CCOCC12CCN(c1ncc(F)cn1)C2)N1CCCC1. The van der Waals surface area contributed by atoms with E-state index in [2.05, 4.69) is 20.2 Å². The number of rotatable bonds is 2. The van der Waals surface area contributed by atoms with E-state index in [1.807, 2.05) is 4.90 Å². The van der Waals surface area contributed by atoms with Crippen molar-refractivity contribution in [2.75, 3.05) is 44.3 Å². The highest BCUT2D eigenvalue weighted by atomic mass is 19.1. The normalized spacial score (nSPS) is 29.4. The van der Waals surface area contributed by atoms with Gasteiger partial charge in [0.05, 0.1) is 19.0 Å². The zero-order valence-electron chi connectivity index (χ0n) is 14.3. The van der Waals surface area contributed by atoms with Gasteiger partial charge in [0.1, 0.15) is 0 Å². The molecule has 3 aliphatic rings. The van der Waals surface area contributed by atoms with Crippen LogP contribution in [0.2, 0.25) is 0 Å². The highest BCUT2D eigenvalue weighted by Crippen LogP contribution is 2.39. The zero-order chi connectivity index (χ0) is 17.3. The summed E-state index contributed by atoms with van der Waals surface area (Å²) in [5.74, 6) is 0.0999. The average Bonchev–Trinajstić information content (AvgIpc) is 3.29. The van der Waals surface area contributed by atoms with Gasteiger partial charge in [-0.1, -0.05) is 0 Å². The lowest BCUT2D eigenvalue weighted by molar-refractivity contribution is -0.0190. The maximum absolute atomic E-state index is 13.1. The van der Waals surface area contributed by atoms with Gasteiger partial charge in [-0.15, -0.1) is 0 Å². The quantitative estimate of drug-likeness (QED) is 0.874. The summed E-state index contributed by atoms with van der Waals surface area (Å²) in [5.41, 5.74) is -0.134. The number of amides is 2. The second-order valence-electron chi connectivity index (χ2n) is 7.27. The Hall–Kier alpha value is -1.96. The molecule has 4 rings (SSSR count). The molecule has 25 heavy (non-hydrogen) atoms. The Morgan fingerprint density at radius 3 is 2.80 bits per heavy atom. The maximum Gasteiger partial charge on any atom is 0.317 e. The van der Waals surface area contributed by atoms with Crippen molar-refractivity contribution in [3.63, 3.8) is 0 Å². The number of nitrogens with one attached hydrogen (secondary N) is 1. The number of urea groups is 1. The highest BCUT2D eigenvalue weighted by molar-refractivity contribution is 5.75. The monoisotopic (exact) mass is 349 g/mol. The number of hydrogen-bond donors (Lipinski definition) is 1. The molecule has 1 aromatic rings. The smallest absolute Gasteiger partial charge is 0.317 e. The molecule has 3 saturated heterocycles. The van der Waals surface area contributed by atoms with Crippen LogP contribution in [-0.4, -0.2) is 66.3 Å². The molecule has 2 unspecified atom stereocenters. The predicted molar refractivity (Wildman–Crippen MR) is 89.8 cm³/mol. The van der Waals surface area contributed by atoms with Crippen molar-refractivity contribution in [3.8, 4) is 0 Å². The number of carbonyl (C=O) groups is 1. The molecule has 0 radical (unpaired) electrons. The van der Waals surface area contributed by atoms with Crippen LogP contribution in [0.5, 0.6) is 0 Å². The Kier molecular flexibility index (Phi) is 4.45. The van der Waals surface area contributed by atoms with Crippen LogP contribution in [0.3, 0.4) is 0 Å². The average molecular weight is 349 g/mol. The molecule has 8 heteroatoms. The van der Waals surface area contributed by atoms with Crippen LogP contribution >= 0.6 is 0 Å². The first-order chi connectivity index (χ1) is 12.2. The molecule has 0 aliphatic carbocycles. The second kappa shape index (κ2) is 6.74. The lowest BCUT2D eigenvalue weighted by Gasteiger charge is -2.41. The van der Waals surface area contributed by atoms with Gasteiger partial charge in [0.2, 0.25) is 5.95 Å². The van der Waals surface area contributed by atoms with Crippen LogP contribution in [0, 0.1) is 11.2 Å². The highest BCUT2D eigenvalue weighted by Gasteiger charge is 2.48. The van der Waals surface area contributed by atoms with Gasteiger partial charge in [-0.2, -0.15) is 0 Å². The van der Waals surface area contributed by atoms with Crippen molar-refractivity contribution in [2.45, 2.75) is 31.7 Å². The first-order valence-corrected chi connectivity index (χ1v) is 9.02. The van der Waals surface area contributed by atoms with Crippen molar-refractivity contribution < 1.29 is 13.9 Å². The van der Waals surface area contributed by atoms with Crippen LogP contribution in [0.1, 0.15) is 25.7 Å². The first-order valence-electron chi connectivity index (χ1n) is 9.02. The van der Waals surface area contributed by atoms with Gasteiger partial charge in [0, 0.05) is 44.2 Å². The standard InChI is InChI=1S/C17H24FN5O2/c18-13-9-19-15(20-10-13)23-7-4-17(11-23)12-25-8-3-14(17)21-16(24)22-5-1-2-6-22/h9-10,14H,1-8,11-12H2,(H,21,24). The zero-order valence-corrected chi connectivity index (χ0v) is 14.3. The number of anilines is 1. The molecule has 2 atom stereocenters. The molecular formula is C17H24FN5O2. The molecule has 136 valence electrons. The van der Waals surface area contributed by atoms with Crippen LogP contribution in [0.15, 0.2) is 12.4 Å². The van der Waals surface area contributed by atoms with E-state index in [-0.39, 0.29) is 17.5 Å². The Labute approximate surface area is 146 Å². The third-order valence-electron chi connectivity index (χ3n) is 5.65. The number of aromatic nitrogens is 2. The molecular weight excluding hydrogens is 325 g/mol. The van der Waals surface area contributed by atoms with E-state index >= 15 is 0 Å². The third kappa shape index (κ3) is 3.27. The fourth-order valence-corrected chi connectivity index (χ4v) is 4.21. The van der Waals surface area contributed by atoms with E-state index < -0.39 is 5.82 Å². The van der Waals surface area contributed by atoms with E-state index in [0.717, 1.165) is 45.3 Å². The molecule has 3 aliphatic heterocycles. The molecule has 3 fully saturated rings. The summed E-state index contributed by atoms with van der Waals surface area (Å²) in [6.45, 7) is 4.47. The van der Waals surface area contributed by atoms with E-state index in [1.165, 1.54) is 12.4 Å². The number of halogens is 1. The minimum Gasteiger partial charge on any atom is -0.381 e. The summed E-state index contributed by atoms with van der Waals surface area (Å²) in [6.07, 6.45) is 6.27. The summed E-state index contributed by atoms with van der Waals surface area (Å²) in [6, 6.07) is 0.125. The van der Waals surface area contributed by atoms with Crippen LogP contribution in [-0.2, 0) is 4.74 Å². The molecule has 4 heterocycles. The Morgan fingerprint density at radius 2 is 2.04 bits per heavy atom. The van der Waals surface area contributed by atoms with Gasteiger partial charge in [-0.25, -0.2) is 19.2 Å². The maximum atomic E-state index is 13.1. The molecule has 0 aromatic carbocycles. The molecule has 0 bridgehead atoms. The van der Waals surface area contributed by atoms with Gasteiger partial charge >= 0.3 is 6.03 Å². The van der Waals surface area contributed by atoms with Crippen LogP contribution in [0.4, 0.5) is 15.1 Å². The fourth-order valence-electron chi connectivity index (χ4n) is 4.21. The summed E-state index contributed by atoms with van der Waals surface area (Å²) in [4.78, 5) is 24.7. The van der Waals surface area contributed by atoms with Gasteiger partial charge < -0.3 is 19.9 Å². The van der Waals surface area contributed by atoms with Crippen LogP contribution in [0.25, 0.3) is 0 Å². The predicted octanol–water partition coefficient (Wildman–Crippen LogP) is 1.41. The summed E-state index contributed by atoms with van der Waals surface area (Å²) >= 11 is 0. The van der Waals surface area contributed by atoms with Crippen LogP contribution < -0.4 is 10.2 Å². The second-order valence-corrected chi connectivity index (χ2v) is 7.27. The van der Waals surface area contributed by atoms with E-state index in [9.17, 15) is 9.18 Å². The Balaban J connectivity index is 1.46. The van der Waals surface area contributed by atoms with Gasteiger partial charge in [-0.05, 0) is 25.7 Å². The topological polar surface area (TPSA) is 70.6 Å². The molecule has 1 aromatic heterocycles. The largest absolute Gasteiger partial charge is 0.381 e. The fraction of sp³-hybridized carbons (Fsp3) is 0.706. The Bertz CT molecular complexity index is 622. The van der Waals surface area contributed by atoms with E-state index in [1.54, 1.807) is 0 Å². The Morgan fingerprint density at radius 1 is 1.28 bits per heavy atom. The van der Waals surface area contributed by atoms with Crippen molar-refractivity contribution in [1.82, 2.24) is 20.2 Å². The summed E-state index contributed by atoms with van der Waals surface area (Å²) in [7, 11) is 0. The number of ether oxygens (including phenoxy) is 1. The molecule has 1 spiro atoms. The van der Waals surface area contributed by atoms with Crippen molar-refractivity contribution in [3.05, 3.63) is 18.2 Å². The van der Waals surface area contributed by atoms with Crippen molar-refractivity contribution in [1.29, 1.82) is 0 Å². The van der Waals surface area contributed by atoms with Gasteiger partial charge in [0.25, 0.3) is 0 Å². The molecule has 1 N–H and O–H groups in total. The molecule has 0 saturated carbocycles. The molecule has 2 amide bonds. The number of likely N-dealkylation sites (tertiary alicyclic amines) is 1.